The van der Waals surface area contributed by atoms with Gasteiger partial charge in [0, 0.05) is 22.4 Å². The molecule has 4 rings (SSSR count). The Morgan fingerprint density at radius 1 is 0.963 bits per heavy atom. The Hall–Kier alpha value is -4.00. The number of amides is 1. The van der Waals surface area contributed by atoms with E-state index in [0.717, 1.165) is 21.8 Å². The Kier molecular flexibility index (Phi) is 3.89. The molecule has 0 aliphatic rings. The molecular formula is C20H14N4O3. The first-order valence-corrected chi connectivity index (χ1v) is 8.17. The molecule has 0 spiro atoms. The molecule has 1 heterocycles. The van der Waals surface area contributed by atoms with E-state index in [4.69, 9.17) is 5.73 Å². The van der Waals surface area contributed by atoms with Crippen molar-refractivity contribution in [2.24, 2.45) is 5.73 Å². The molecule has 1 amide bonds. The van der Waals surface area contributed by atoms with Gasteiger partial charge in [0.2, 0.25) is 5.91 Å². The maximum absolute atomic E-state index is 11.5. The van der Waals surface area contributed by atoms with E-state index in [2.05, 4.69) is 10.3 Å². The van der Waals surface area contributed by atoms with Crippen LogP contribution < -0.4 is 11.1 Å². The van der Waals surface area contributed by atoms with Gasteiger partial charge in [-0.2, -0.15) is 0 Å². The van der Waals surface area contributed by atoms with E-state index >= 15 is 0 Å². The smallest absolute Gasteiger partial charge is 0.293 e. The van der Waals surface area contributed by atoms with Crippen LogP contribution in [0.15, 0.2) is 66.7 Å². The topological polar surface area (TPSA) is 111 Å². The zero-order valence-electron chi connectivity index (χ0n) is 14.0. The summed E-state index contributed by atoms with van der Waals surface area (Å²) in [4.78, 5) is 27.0. The van der Waals surface area contributed by atoms with Gasteiger partial charge in [0.1, 0.15) is 5.69 Å². The molecule has 132 valence electrons. The van der Waals surface area contributed by atoms with Gasteiger partial charge in [-0.1, -0.05) is 36.4 Å². The standard InChI is InChI=1S/C20H14N4O3/c21-20(25)12-9-10-17(18(11-12)24(26)27)23-19-13-5-1-3-7-15(13)22-16-8-4-2-6-14(16)19/h1-11H,(H2,21,25)(H,22,23). The molecule has 3 N–H and O–H groups in total. The lowest BCUT2D eigenvalue weighted by atomic mass is 10.1. The van der Waals surface area contributed by atoms with Crippen molar-refractivity contribution in [3.8, 4) is 0 Å². The van der Waals surface area contributed by atoms with E-state index in [0.29, 0.717) is 5.69 Å². The largest absolute Gasteiger partial charge is 0.366 e. The molecule has 0 unspecified atom stereocenters. The van der Waals surface area contributed by atoms with E-state index in [-0.39, 0.29) is 16.9 Å². The summed E-state index contributed by atoms with van der Waals surface area (Å²) in [5.41, 5.74) is 7.63. The molecule has 0 radical (unpaired) electrons. The highest BCUT2D eigenvalue weighted by Crippen LogP contribution is 2.36. The second-order valence-electron chi connectivity index (χ2n) is 6.00. The van der Waals surface area contributed by atoms with E-state index in [1.165, 1.54) is 18.2 Å². The maximum Gasteiger partial charge on any atom is 0.293 e. The lowest BCUT2D eigenvalue weighted by Crippen LogP contribution is -2.11. The minimum atomic E-state index is -0.718. The number of primary amides is 1. The van der Waals surface area contributed by atoms with E-state index in [9.17, 15) is 14.9 Å². The van der Waals surface area contributed by atoms with Crippen LogP contribution in [0, 0.1) is 10.1 Å². The third kappa shape index (κ3) is 2.91. The van der Waals surface area contributed by atoms with Crippen LogP contribution in [-0.2, 0) is 0 Å². The molecule has 0 aliphatic heterocycles. The fraction of sp³-hybridized carbons (Fsp3) is 0. The lowest BCUT2D eigenvalue weighted by molar-refractivity contribution is -0.383. The number of aromatic nitrogens is 1. The molecule has 7 nitrogen and oxygen atoms in total. The third-order valence-corrected chi connectivity index (χ3v) is 4.33. The fourth-order valence-corrected chi connectivity index (χ4v) is 3.05. The molecule has 27 heavy (non-hydrogen) atoms. The number of benzene rings is 3. The number of hydrogen-bond acceptors (Lipinski definition) is 5. The van der Waals surface area contributed by atoms with Crippen LogP contribution in [-0.4, -0.2) is 15.8 Å². The van der Waals surface area contributed by atoms with Gasteiger partial charge in [0.05, 0.1) is 21.6 Å². The summed E-state index contributed by atoms with van der Waals surface area (Å²) < 4.78 is 0. The highest BCUT2D eigenvalue weighted by atomic mass is 16.6. The zero-order valence-corrected chi connectivity index (χ0v) is 14.0. The minimum Gasteiger partial charge on any atom is -0.366 e. The monoisotopic (exact) mass is 358 g/mol. The molecule has 1 aromatic heterocycles. The summed E-state index contributed by atoms with van der Waals surface area (Å²) >= 11 is 0. The Morgan fingerprint density at radius 2 is 1.56 bits per heavy atom. The highest BCUT2D eigenvalue weighted by Gasteiger charge is 2.18. The number of pyridine rings is 1. The molecule has 0 bridgehead atoms. The third-order valence-electron chi connectivity index (χ3n) is 4.33. The number of nitro groups is 1. The van der Waals surface area contributed by atoms with Gasteiger partial charge in [-0.25, -0.2) is 4.98 Å². The van der Waals surface area contributed by atoms with Gasteiger partial charge >= 0.3 is 0 Å². The number of rotatable bonds is 4. The average Bonchev–Trinajstić information content (AvgIpc) is 2.67. The van der Waals surface area contributed by atoms with Crippen molar-refractivity contribution in [1.82, 2.24) is 4.98 Å². The van der Waals surface area contributed by atoms with Gasteiger partial charge in [0.25, 0.3) is 5.69 Å². The number of hydrogen-bond donors (Lipinski definition) is 2. The summed E-state index contributed by atoms with van der Waals surface area (Å²) in [5.74, 6) is -0.718. The number of nitrogens with one attached hydrogen (secondary N) is 1. The summed E-state index contributed by atoms with van der Waals surface area (Å²) in [7, 11) is 0. The number of carbonyl (C=O) groups excluding carboxylic acids is 1. The van der Waals surface area contributed by atoms with Crippen molar-refractivity contribution in [1.29, 1.82) is 0 Å². The molecule has 0 fully saturated rings. The van der Waals surface area contributed by atoms with E-state index in [1.54, 1.807) is 0 Å². The number of nitrogens with two attached hydrogens (primary N) is 1. The maximum atomic E-state index is 11.5. The molecule has 3 aromatic carbocycles. The average molecular weight is 358 g/mol. The number of nitrogens with zero attached hydrogens (tertiary/aromatic N) is 2. The van der Waals surface area contributed by atoms with Crippen molar-refractivity contribution in [2.45, 2.75) is 0 Å². The second-order valence-corrected chi connectivity index (χ2v) is 6.00. The second kappa shape index (κ2) is 6.38. The van der Waals surface area contributed by atoms with Gasteiger partial charge in [-0.3, -0.25) is 14.9 Å². The predicted octanol–water partition coefficient (Wildman–Crippen LogP) is 4.14. The number of anilines is 2. The zero-order chi connectivity index (χ0) is 19.0. The quantitative estimate of drug-likeness (QED) is 0.323. The number of carbonyl (C=O) groups is 1. The van der Waals surface area contributed by atoms with Crippen LogP contribution in [0.4, 0.5) is 17.1 Å². The van der Waals surface area contributed by atoms with Crippen molar-refractivity contribution in [3.63, 3.8) is 0 Å². The molecule has 0 saturated carbocycles. The first kappa shape index (κ1) is 16.5. The van der Waals surface area contributed by atoms with Crippen LogP contribution in [0.5, 0.6) is 0 Å². The Bertz CT molecular complexity index is 1170. The normalized spacial score (nSPS) is 10.8. The van der Waals surface area contributed by atoms with Crippen LogP contribution in [0.2, 0.25) is 0 Å². The van der Waals surface area contributed by atoms with Crippen molar-refractivity contribution >= 4 is 44.8 Å². The van der Waals surface area contributed by atoms with Crippen LogP contribution >= 0.6 is 0 Å². The lowest BCUT2D eigenvalue weighted by Gasteiger charge is -2.13. The summed E-state index contributed by atoms with van der Waals surface area (Å²) in [6.07, 6.45) is 0. The summed E-state index contributed by atoms with van der Waals surface area (Å²) in [6, 6.07) is 19.2. The first-order valence-electron chi connectivity index (χ1n) is 8.17. The summed E-state index contributed by atoms with van der Waals surface area (Å²) in [6.45, 7) is 0. The molecular weight excluding hydrogens is 344 g/mol. The minimum absolute atomic E-state index is 0.0803. The molecule has 7 heteroatoms. The SMILES string of the molecule is NC(=O)c1ccc(Nc2c3ccccc3nc3ccccc23)c([N+](=O)[O-])c1. The van der Waals surface area contributed by atoms with Gasteiger partial charge in [-0.15, -0.1) is 0 Å². The molecule has 0 atom stereocenters. The van der Waals surface area contributed by atoms with E-state index in [1.807, 2.05) is 48.5 Å². The van der Waals surface area contributed by atoms with Crippen molar-refractivity contribution in [2.75, 3.05) is 5.32 Å². The summed E-state index contributed by atoms with van der Waals surface area (Å²) in [5, 5.41) is 16.4. The van der Waals surface area contributed by atoms with E-state index < -0.39 is 10.8 Å². The molecule has 0 aliphatic carbocycles. The Labute approximate surface area is 153 Å². The van der Waals surface area contributed by atoms with Crippen LogP contribution in [0.1, 0.15) is 10.4 Å². The molecule has 0 saturated heterocycles. The molecule has 4 aromatic rings. The van der Waals surface area contributed by atoms with Crippen LogP contribution in [0.25, 0.3) is 21.8 Å². The Balaban J connectivity index is 1.95. The predicted molar refractivity (Wildman–Crippen MR) is 104 cm³/mol. The number of para-hydroxylation sites is 2. The van der Waals surface area contributed by atoms with Gasteiger partial charge in [0.15, 0.2) is 0 Å². The number of fused-ring (bicyclic) bond motifs is 2. The van der Waals surface area contributed by atoms with Crippen molar-refractivity contribution < 1.29 is 9.72 Å². The van der Waals surface area contributed by atoms with Gasteiger partial charge in [-0.05, 0) is 24.3 Å². The highest BCUT2D eigenvalue weighted by molar-refractivity contribution is 6.09. The number of nitro benzene ring substituents is 1. The van der Waals surface area contributed by atoms with Gasteiger partial charge < -0.3 is 11.1 Å². The Morgan fingerprint density at radius 3 is 2.11 bits per heavy atom. The fourth-order valence-electron chi connectivity index (χ4n) is 3.05. The van der Waals surface area contributed by atoms with Crippen molar-refractivity contribution in [3.05, 3.63) is 82.4 Å². The van der Waals surface area contributed by atoms with Crippen LogP contribution in [0.3, 0.4) is 0 Å². The first-order chi connectivity index (χ1) is 13.0.